The summed E-state index contributed by atoms with van der Waals surface area (Å²) in [6, 6.07) is 13.6. The summed E-state index contributed by atoms with van der Waals surface area (Å²) in [5, 5.41) is 38.7. The molecule has 8 fully saturated rings. The molecule has 20 nitrogen and oxygen atoms in total. The summed E-state index contributed by atoms with van der Waals surface area (Å²) in [6.07, 6.45) is 23.3. The van der Waals surface area contributed by atoms with E-state index >= 15 is 0 Å². The number of aromatic nitrogens is 1. The third kappa shape index (κ3) is 18.0. The summed E-state index contributed by atoms with van der Waals surface area (Å²) in [7, 11) is -3.93. The van der Waals surface area contributed by atoms with E-state index in [-0.39, 0.29) is 78.4 Å². The van der Waals surface area contributed by atoms with Gasteiger partial charge in [-0.2, -0.15) is 11.8 Å². The molecule has 5 heterocycles. The molecular formula is C69H103N9O11S2. The molecule has 0 spiro atoms. The zero-order chi connectivity index (χ0) is 64.0. The number of hydrogen-bond donors (Lipinski definition) is 7. The Kier molecular flexibility index (Phi) is 24.0. The number of ether oxygens (including phenoxy) is 1. The Morgan fingerprint density at radius 3 is 1.86 bits per heavy atom. The summed E-state index contributed by atoms with van der Waals surface area (Å²) < 4.78 is 35.1. The van der Waals surface area contributed by atoms with Crippen molar-refractivity contribution in [1.29, 1.82) is 0 Å². The summed E-state index contributed by atoms with van der Waals surface area (Å²) in [5.74, 6) is 4.96. The Morgan fingerprint density at radius 2 is 1.27 bits per heavy atom. The number of amides is 8. The van der Waals surface area contributed by atoms with Gasteiger partial charge in [0.2, 0.25) is 23.6 Å². The summed E-state index contributed by atoms with van der Waals surface area (Å²) in [4.78, 5) is 84.1. The Balaban J connectivity index is 0.630. The standard InChI is InChI=1S/C69H103N9O11S2/c1-49-20-22-55(23-21-49)91(87,88)78-38-28-56-58(78)14-13-15-59(56)89-48-69(86,29-39-79)47-77(67(85)76-36-26-54(27-37-76)53-24-34-75(35-25-53)65(83)68-43-50-40-51(44-68)42-52(41-50)45-68)33-12-4-11-32-72-62(81)18-6-2-9-30-70-61(80)17-5-3-10-31-71-63(82)19-8-7-16-60-64-57(46-90-60)73-66(84)74-64/h13-15,20-23,28,38,50-54,57,60,64,79,86H,2-12,16-19,24-27,29-37,39-48H2,1H3,(H,70,80)(H,71,82)(H,72,81)(H2,73,74,84)/t50?,51?,52?,57-,60-,64-,68?,69?/m0/s1. The van der Waals surface area contributed by atoms with Gasteiger partial charge in [0.15, 0.2) is 0 Å². The molecule has 4 saturated heterocycles. The van der Waals surface area contributed by atoms with Gasteiger partial charge < -0.3 is 56.2 Å². The lowest BCUT2D eigenvalue weighted by Crippen LogP contribution is -2.56. The number of nitrogens with one attached hydrogen (secondary N) is 5. The maximum absolute atomic E-state index is 14.7. The zero-order valence-corrected chi connectivity index (χ0v) is 55.5. The fraction of sp³-hybridized carbons (Fsp3) is 0.710. The second kappa shape index (κ2) is 32.0. The van der Waals surface area contributed by atoms with E-state index < -0.39 is 15.6 Å². The average Bonchev–Trinajstić information content (AvgIpc) is 1.50. The first-order valence-corrected chi connectivity index (χ1v) is 37.2. The van der Waals surface area contributed by atoms with Gasteiger partial charge in [-0.25, -0.2) is 22.0 Å². The minimum absolute atomic E-state index is 0.0142. The normalized spacial score (nSPS) is 24.6. The van der Waals surface area contributed by atoms with E-state index in [1.165, 1.54) is 29.4 Å². The van der Waals surface area contributed by atoms with Crippen LogP contribution >= 0.6 is 11.8 Å². The van der Waals surface area contributed by atoms with Crippen LogP contribution in [0.4, 0.5) is 9.59 Å². The molecule has 11 rings (SSSR count). The van der Waals surface area contributed by atoms with Crippen LogP contribution in [0.1, 0.15) is 173 Å². The topological polar surface area (TPSA) is 261 Å². The van der Waals surface area contributed by atoms with Crippen molar-refractivity contribution < 1.29 is 52.1 Å². The van der Waals surface area contributed by atoms with Crippen molar-refractivity contribution in [3.05, 3.63) is 60.3 Å². The largest absolute Gasteiger partial charge is 0.490 e. The number of unbranched alkanes of at least 4 members (excludes halogenated alkanes) is 7. The third-order valence-electron chi connectivity index (χ3n) is 21.2. The fourth-order valence-electron chi connectivity index (χ4n) is 16.5. The molecule has 8 aliphatic rings. The third-order valence-corrected chi connectivity index (χ3v) is 24.4. The highest BCUT2D eigenvalue weighted by Crippen LogP contribution is 2.61. The van der Waals surface area contributed by atoms with Crippen LogP contribution in [0.25, 0.3) is 10.9 Å². The van der Waals surface area contributed by atoms with Gasteiger partial charge in [0.05, 0.1) is 34.5 Å². The van der Waals surface area contributed by atoms with Crippen molar-refractivity contribution in [1.82, 2.24) is 45.3 Å². The molecule has 22 heteroatoms. The number of thioether (sulfide) groups is 1. The number of rotatable bonds is 34. The fourth-order valence-corrected chi connectivity index (χ4v) is 19.4. The molecule has 4 aliphatic carbocycles. The number of aliphatic hydroxyl groups excluding tert-OH is 1. The summed E-state index contributed by atoms with van der Waals surface area (Å²) >= 11 is 1.89. The highest BCUT2D eigenvalue weighted by Gasteiger charge is 2.56. The maximum Gasteiger partial charge on any atom is 0.320 e. The van der Waals surface area contributed by atoms with E-state index in [1.54, 1.807) is 53.4 Å². The van der Waals surface area contributed by atoms with Gasteiger partial charge in [0, 0.05) is 107 Å². The lowest BCUT2D eigenvalue weighted by atomic mass is 9.49. The Bertz CT molecular complexity index is 3020. The average molecular weight is 1300 g/mol. The number of carbonyl (C=O) groups is 6. The smallest absolute Gasteiger partial charge is 0.320 e. The van der Waals surface area contributed by atoms with Crippen molar-refractivity contribution >= 4 is 68.4 Å². The lowest BCUT2D eigenvalue weighted by molar-refractivity contribution is -0.159. The first-order chi connectivity index (χ1) is 44.0. The van der Waals surface area contributed by atoms with Crippen LogP contribution in [0, 0.1) is 41.9 Å². The first kappa shape index (κ1) is 68.3. The molecular weight excluding hydrogens is 1190 g/mol. The van der Waals surface area contributed by atoms with Crippen molar-refractivity contribution in [3.8, 4) is 5.75 Å². The number of benzene rings is 2. The number of aliphatic hydroxyl groups is 2. The van der Waals surface area contributed by atoms with E-state index in [0.29, 0.717) is 117 Å². The number of nitrogens with zero attached hydrogens (tertiary/aromatic N) is 4. The zero-order valence-electron chi connectivity index (χ0n) is 53.9. The van der Waals surface area contributed by atoms with Crippen LogP contribution in [0.5, 0.6) is 5.75 Å². The predicted octanol–water partition coefficient (Wildman–Crippen LogP) is 8.63. The maximum atomic E-state index is 14.7. The Hall–Kier alpha value is -5.58. The quantitative estimate of drug-likeness (QED) is 0.0219. The van der Waals surface area contributed by atoms with Crippen LogP contribution in [-0.4, -0.2) is 174 Å². The molecule has 2 aromatic carbocycles. The molecule has 8 amide bonds. The molecule has 7 N–H and O–H groups in total. The van der Waals surface area contributed by atoms with Gasteiger partial charge in [0.25, 0.3) is 10.0 Å². The monoisotopic (exact) mass is 1300 g/mol. The number of hydrogen-bond acceptors (Lipinski definition) is 12. The van der Waals surface area contributed by atoms with E-state index in [1.807, 2.05) is 23.6 Å². The van der Waals surface area contributed by atoms with E-state index in [2.05, 4.69) is 31.5 Å². The first-order valence-electron chi connectivity index (χ1n) is 34.7. The molecule has 91 heavy (non-hydrogen) atoms. The molecule has 1 unspecified atom stereocenters. The second-order valence-electron chi connectivity index (χ2n) is 28.1. The van der Waals surface area contributed by atoms with Crippen molar-refractivity contribution in [2.75, 3.05) is 77.9 Å². The highest BCUT2D eigenvalue weighted by molar-refractivity contribution is 8.00. The molecule has 4 saturated carbocycles. The highest BCUT2D eigenvalue weighted by atomic mass is 32.2. The molecule has 1 aromatic heterocycles. The number of urea groups is 2. The van der Waals surface area contributed by atoms with Crippen LogP contribution in [-0.2, 0) is 29.2 Å². The molecule has 4 bridgehead atoms. The SMILES string of the molecule is Cc1ccc(S(=O)(=O)n2ccc3c(OCC(O)(CCO)CN(CCCCCNC(=O)CCCCCNC(=O)CCCCCNC(=O)CCCC[C@@H]4SC[C@@H]5NC(=O)N[C@@H]54)C(=O)N4CCC(C5CCN(C(=O)C67CC8CC(CC(C8)C6)C7)CC5)CC4)cccc32)cc1. The molecule has 3 aromatic rings. The second-order valence-corrected chi connectivity index (χ2v) is 31.1. The predicted molar refractivity (Wildman–Crippen MR) is 353 cm³/mol. The van der Waals surface area contributed by atoms with Gasteiger partial charge in [-0.05, 0) is 189 Å². The summed E-state index contributed by atoms with van der Waals surface area (Å²) in [6.45, 7) is 5.98. The van der Waals surface area contributed by atoms with Crippen LogP contribution < -0.4 is 31.3 Å². The van der Waals surface area contributed by atoms with Gasteiger partial charge in [-0.15, -0.1) is 0 Å². The molecule has 4 atom stereocenters. The molecule has 4 aliphatic heterocycles. The summed E-state index contributed by atoms with van der Waals surface area (Å²) in [5.41, 5.74) is -0.431. The number of piperidine rings is 2. The van der Waals surface area contributed by atoms with Crippen molar-refractivity contribution in [2.45, 2.75) is 202 Å². The number of aryl methyl sites for hydroxylation is 1. The van der Waals surface area contributed by atoms with E-state index in [4.69, 9.17) is 4.74 Å². The Morgan fingerprint density at radius 1 is 0.714 bits per heavy atom. The Labute approximate surface area is 543 Å². The minimum Gasteiger partial charge on any atom is -0.490 e. The van der Waals surface area contributed by atoms with E-state index in [0.717, 1.165) is 145 Å². The lowest BCUT2D eigenvalue weighted by Gasteiger charge is -2.57. The van der Waals surface area contributed by atoms with Gasteiger partial charge in [0.1, 0.15) is 18.0 Å². The molecule has 502 valence electrons. The van der Waals surface area contributed by atoms with Gasteiger partial charge in [-0.3, -0.25) is 19.2 Å². The van der Waals surface area contributed by atoms with Crippen molar-refractivity contribution in [2.24, 2.45) is 35.0 Å². The number of likely N-dealkylation sites (tertiary alicyclic amines) is 2. The number of fused-ring (bicyclic) bond motifs is 2. The van der Waals surface area contributed by atoms with Gasteiger partial charge in [-0.1, -0.05) is 43.0 Å². The molecule has 0 radical (unpaired) electrons. The number of carbonyl (C=O) groups excluding carboxylic acids is 6. The van der Waals surface area contributed by atoms with Crippen LogP contribution in [0.15, 0.2) is 59.6 Å². The van der Waals surface area contributed by atoms with E-state index in [9.17, 15) is 47.4 Å². The van der Waals surface area contributed by atoms with Crippen molar-refractivity contribution in [3.63, 3.8) is 0 Å². The van der Waals surface area contributed by atoms with Crippen LogP contribution in [0.2, 0.25) is 0 Å². The van der Waals surface area contributed by atoms with Crippen LogP contribution in [0.3, 0.4) is 0 Å². The van der Waals surface area contributed by atoms with Gasteiger partial charge >= 0.3 is 12.1 Å². The minimum atomic E-state index is -3.93.